The fraction of sp³-hybridized carbons (Fsp3) is 0.167. The first-order chi connectivity index (χ1) is 9.27. The van der Waals surface area contributed by atoms with Gasteiger partial charge in [0.15, 0.2) is 5.78 Å². The Bertz CT molecular complexity index is 648. The molecule has 106 valence electrons. The van der Waals surface area contributed by atoms with Crippen LogP contribution in [0.1, 0.15) is 15.9 Å². The Balaban J connectivity index is 2.20. The summed E-state index contributed by atoms with van der Waals surface area (Å²) in [4.78, 5) is 11.7. The van der Waals surface area contributed by atoms with Crippen molar-refractivity contribution in [3.8, 4) is 0 Å². The monoisotopic (exact) mass is 290 g/mol. The van der Waals surface area contributed by atoms with E-state index in [1.54, 1.807) is 0 Å². The number of halogens is 5. The number of hydrogen-bond acceptors (Lipinski definition) is 2. The number of carbonyl (C=O) groups is 1. The first kappa shape index (κ1) is 14.2. The highest BCUT2D eigenvalue weighted by Gasteiger charge is 2.32. The minimum absolute atomic E-state index is 0.533. The van der Waals surface area contributed by atoms with Crippen LogP contribution in [-0.2, 0) is 12.7 Å². The van der Waals surface area contributed by atoms with Crippen molar-refractivity contribution in [1.29, 1.82) is 0 Å². The van der Waals surface area contributed by atoms with Gasteiger partial charge in [0.25, 0.3) is 0 Å². The quantitative estimate of drug-likeness (QED) is 0.643. The van der Waals surface area contributed by atoms with Crippen molar-refractivity contribution in [3.63, 3.8) is 0 Å². The molecule has 0 radical (unpaired) electrons. The Hall–Kier alpha value is -2.25. The molecule has 0 unspecified atom stereocenters. The van der Waals surface area contributed by atoms with Crippen LogP contribution in [0.2, 0.25) is 0 Å². The van der Waals surface area contributed by atoms with E-state index in [0.29, 0.717) is 18.5 Å². The van der Waals surface area contributed by atoms with Gasteiger partial charge in [0, 0.05) is 6.20 Å². The average molecular weight is 290 g/mol. The highest BCUT2D eigenvalue weighted by atomic mass is 19.4. The standard InChI is InChI=1S/C12H7F5N2O/c13-8-1-2-10(14)9(3-8)11(20)6-19-5-7(4-18-19)12(15,16)17/h1-5H,6H2. The van der Waals surface area contributed by atoms with Gasteiger partial charge in [-0.2, -0.15) is 18.3 Å². The summed E-state index contributed by atoms with van der Waals surface area (Å²) in [6.45, 7) is -0.615. The molecule has 3 nitrogen and oxygen atoms in total. The van der Waals surface area contributed by atoms with Crippen LogP contribution in [0.3, 0.4) is 0 Å². The molecule has 0 aliphatic carbocycles. The summed E-state index contributed by atoms with van der Waals surface area (Å²) < 4.78 is 63.9. The minimum Gasteiger partial charge on any atom is -0.292 e. The maximum absolute atomic E-state index is 13.3. The number of aromatic nitrogens is 2. The number of hydrogen-bond donors (Lipinski definition) is 0. The van der Waals surface area contributed by atoms with Crippen LogP contribution in [0, 0.1) is 11.6 Å². The number of nitrogens with zero attached hydrogens (tertiary/aromatic N) is 2. The van der Waals surface area contributed by atoms with Crippen molar-refractivity contribution >= 4 is 5.78 Å². The second kappa shape index (κ2) is 5.03. The topological polar surface area (TPSA) is 34.9 Å². The molecular formula is C12H7F5N2O. The fourth-order valence-electron chi connectivity index (χ4n) is 1.54. The summed E-state index contributed by atoms with van der Waals surface area (Å²) in [5, 5.41) is 3.36. The van der Waals surface area contributed by atoms with Crippen molar-refractivity contribution in [2.24, 2.45) is 0 Å². The van der Waals surface area contributed by atoms with E-state index in [-0.39, 0.29) is 0 Å². The first-order valence-electron chi connectivity index (χ1n) is 5.35. The summed E-state index contributed by atoms with van der Waals surface area (Å²) in [6.07, 6.45) is -3.41. The molecule has 8 heteroatoms. The lowest BCUT2D eigenvalue weighted by Crippen LogP contribution is -2.13. The Morgan fingerprint density at radius 1 is 1.25 bits per heavy atom. The Kier molecular flexibility index (Phi) is 3.56. The van der Waals surface area contributed by atoms with E-state index in [2.05, 4.69) is 5.10 Å². The maximum Gasteiger partial charge on any atom is 0.419 e. The molecule has 0 amide bonds. The van der Waals surface area contributed by atoms with Crippen molar-refractivity contribution < 1.29 is 26.7 Å². The number of rotatable bonds is 3. The summed E-state index contributed by atoms with van der Waals surface area (Å²) in [5.41, 5.74) is -1.56. The van der Waals surface area contributed by atoms with Crippen LogP contribution in [0.5, 0.6) is 0 Å². The second-order valence-electron chi connectivity index (χ2n) is 3.97. The highest BCUT2D eigenvalue weighted by molar-refractivity contribution is 5.96. The number of benzene rings is 1. The molecule has 0 saturated carbocycles. The predicted octanol–water partition coefficient (Wildman–Crippen LogP) is 3.06. The third kappa shape index (κ3) is 3.01. The molecule has 0 N–H and O–H groups in total. The van der Waals surface area contributed by atoms with Crippen molar-refractivity contribution in [2.45, 2.75) is 12.7 Å². The second-order valence-corrected chi connectivity index (χ2v) is 3.97. The molecule has 20 heavy (non-hydrogen) atoms. The lowest BCUT2D eigenvalue weighted by Gasteiger charge is -2.04. The van der Waals surface area contributed by atoms with E-state index in [1.165, 1.54) is 0 Å². The number of Topliss-reactive ketones (excluding diaryl/α,β-unsaturated/α-hetero) is 1. The molecule has 1 aromatic heterocycles. The van der Waals surface area contributed by atoms with Gasteiger partial charge in [0.2, 0.25) is 0 Å². The van der Waals surface area contributed by atoms with Crippen molar-refractivity contribution in [3.05, 3.63) is 53.4 Å². The van der Waals surface area contributed by atoms with Gasteiger partial charge in [0.05, 0.1) is 17.3 Å². The number of ketones is 1. The van der Waals surface area contributed by atoms with Gasteiger partial charge in [-0.1, -0.05) is 0 Å². The number of alkyl halides is 3. The van der Waals surface area contributed by atoms with Gasteiger partial charge >= 0.3 is 6.18 Å². The smallest absolute Gasteiger partial charge is 0.292 e. The van der Waals surface area contributed by atoms with Crippen LogP contribution < -0.4 is 0 Å². The van der Waals surface area contributed by atoms with Gasteiger partial charge in [0.1, 0.15) is 18.2 Å². The zero-order valence-corrected chi connectivity index (χ0v) is 9.79. The van der Waals surface area contributed by atoms with Gasteiger partial charge in [-0.3, -0.25) is 9.48 Å². The maximum atomic E-state index is 13.3. The fourth-order valence-corrected chi connectivity index (χ4v) is 1.54. The molecule has 1 aromatic carbocycles. The van der Waals surface area contributed by atoms with Crippen molar-refractivity contribution in [2.75, 3.05) is 0 Å². The van der Waals surface area contributed by atoms with Crippen LogP contribution >= 0.6 is 0 Å². The van der Waals surface area contributed by atoms with Crippen LogP contribution in [0.25, 0.3) is 0 Å². The molecule has 0 spiro atoms. The molecule has 0 aliphatic heterocycles. The molecule has 0 aliphatic rings. The third-order valence-corrected chi connectivity index (χ3v) is 2.49. The Morgan fingerprint density at radius 2 is 1.95 bits per heavy atom. The van der Waals surface area contributed by atoms with Gasteiger partial charge < -0.3 is 0 Å². The van der Waals surface area contributed by atoms with Crippen LogP contribution in [-0.4, -0.2) is 15.6 Å². The van der Waals surface area contributed by atoms with Gasteiger partial charge in [-0.25, -0.2) is 8.78 Å². The zero-order valence-electron chi connectivity index (χ0n) is 9.79. The number of carbonyl (C=O) groups excluding carboxylic acids is 1. The largest absolute Gasteiger partial charge is 0.419 e. The first-order valence-corrected chi connectivity index (χ1v) is 5.35. The summed E-state index contributed by atoms with van der Waals surface area (Å²) in [6, 6.07) is 2.29. The molecular weight excluding hydrogens is 283 g/mol. The molecule has 0 atom stereocenters. The molecule has 0 bridgehead atoms. The average Bonchev–Trinajstić information content (AvgIpc) is 2.80. The Labute approximate surface area is 109 Å². The molecule has 0 fully saturated rings. The summed E-state index contributed by atoms with van der Waals surface area (Å²) in [5.74, 6) is -2.63. The van der Waals surface area contributed by atoms with E-state index in [9.17, 15) is 26.7 Å². The van der Waals surface area contributed by atoms with E-state index >= 15 is 0 Å². The van der Waals surface area contributed by atoms with Crippen LogP contribution in [0.4, 0.5) is 22.0 Å². The minimum atomic E-state index is -4.58. The van der Waals surface area contributed by atoms with E-state index < -0.39 is 41.3 Å². The third-order valence-electron chi connectivity index (χ3n) is 2.49. The van der Waals surface area contributed by atoms with Crippen molar-refractivity contribution in [1.82, 2.24) is 9.78 Å². The van der Waals surface area contributed by atoms with E-state index in [0.717, 1.165) is 16.8 Å². The zero-order chi connectivity index (χ0) is 14.9. The molecule has 2 rings (SSSR count). The summed E-state index contributed by atoms with van der Waals surface area (Å²) in [7, 11) is 0. The van der Waals surface area contributed by atoms with Gasteiger partial charge in [-0.15, -0.1) is 0 Å². The molecule has 2 aromatic rings. The lowest BCUT2D eigenvalue weighted by atomic mass is 10.1. The van der Waals surface area contributed by atoms with Gasteiger partial charge in [-0.05, 0) is 18.2 Å². The lowest BCUT2D eigenvalue weighted by molar-refractivity contribution is -0.137. The Morgan fingerprint density at radius 3 is 2.55 bits per heavy atom. The highest BCUT2D eigenvalue weighted by Crippen LogP contribution is 2.28. The van der Waals surface area contributed by atoms with E-state index in [4.69, 9.17) is 0 Å². The van der Waals surface area contributed by atoms with E-state index in [1.807, 2.05) is 0 Å². The molecule has 1 heterocycles. The summed E-state index contributed by atoms with van der Waals surface area (Å²) >= 11 is 0. The van der Waals surface area contributed by atoms with Crippen LogP contribution in [0.15, 0.2) is 30.6 Å². The molecule has 0 saturated heterocycles. The SMILES string of the molecule is O=C(Cn1cc(C(F)(F)F)cn1)c1cc(F)ccc1F. The normalized spacial score (nSPS) is 11.7. The predicted molar refractivity (Wildman–Crippen MR) is 57.9 cm³/mol.